The Kier molecular flexibility index (Phi) is 5.91. The lowest BCUT2D eigenvalue weighted by Gasteiger charge is -2.11. The first kappa shape index (κ1) is 19.8. The van der Waals surface area contributed by atoms with Gasteiger partial charge in [-0.25, -0.2) is 17.8 Å². The molecule has 7 nitrogen and oxygen atoms in total. The smallest absolute Gasteiger partial charge is 0.240 e. The zero-order valence-corrected chi connectivity index (χ0v) is 16.5. The van der Waals surface area contributed by atoms with Crippen LogP contribution in [0.15, 0.2) is 65.7 Å². The molecule has 8 heteroatoms. The Labute approximate surface area is 164 Å². The quantitative estimate of drug-likeness (QED) is 0.640. The number of rotatable bonds is 7. The SMILES string of the molecule is CC(=O)Nc1ccc(C)c(S(=O)(=O)NCCc2ccn(-c3ccccc3)n2)c1. The maximum Gasteiger partial charge on any atom is 0.240 e. The third kappa shape index (κ3) is 4.85. The molecule has 2 N–H and O–H groups in total. The Balaban J connectivity index is 1.66. The Hall–Kier alpha value is -2.97. The summed E-state index contributed by atoms with van der Waals surface area (Å²) in [6.45, 7) is 3.31. The summed E-state index contributed by atoms with van der Waals surface area (Å²) in [5.41, 5.74) is 2.78. The molecule has 0 spiro atoms. The number of benzene rings is 2. The van der Waals surface area contributed by atoms with Crippen LogP contribution < -0.4 is 10.0 Å². The van der Waals surface area contributed by atoms with Gasteiger partial charge in [0.15, 0.2) is 0 Å². The summed E-state index contributed by atoms with van der Waals surface area (Å²) in [4.78, 5) is 11.4. The van der Waals surface area contributed by atoms with Crippen LogP contribution in [0.5, 0.6) is 0 Å². The van der Waals surface area contributed by atoms with Crippen LogP contribution in [0.25, 0.3) is 5.69 Å². The average molecular weight is 398 g/mol. The van der Waals surface area contributed by atoms with Crippen molar-refractivity contribution >= 4 is 21.6 Å². The third-order valence-electron chi connectivity index (χ3n) is 4.14. The number of nitrogens with zero attached hydrogens (tertiary/aromatic N) is 2. The molecular formula is C20H22N4O3S. The number of anilines is 1. The first-order valence-corrected chi connectivity index (χ1v) is 10.3. The molecule has 0 fully saturated rings. The Bertz CT molecular complexity index is 1080. The largest absolute Gasteiger partial charge is 0.326 e. The molecule has 2 aromatic carbocycles. The number of carbonyl (C=O) groups excluding carboxylic acids is 1. The molecule has 0 saturated heterocycles. The predicted molar refractivity (Wildman–Crippen MR) is 108 cm³/mol. The lowest BCUT2D eigenvalue weighted by Crippen LogP contribution is -2.27. The van der Waals surface area contributed by atoms with Crippen LogP contribution in [0.1, 0.15) is 18.2 Å². The standard InChI is InChI=1S/C20H22N4O3S/c1-15-8-9-18(22-16(2)25)14-20(15)28(26,27)21-12-10-17-11-13-24(23-17)19-6-4-3-5-7-19/h3-9,11,13-14,21H,10,12H2,1-2H3,(H,22,25). The molecule has 0 aliphatic carbocycles. The highest BCUT2D eigenvalue weighted by Crippen LogP contribution is 2.20. The normalized spacial score (nSPS) is 11.4. The number of hydrogen-bond donors (Lipinski definition) is 2. The minimum atomic E-state index is -3.70. The monoisotopic (exact) mass is 398 g/mol. The van der Waals surface area contributed by atoms with Gasteiger partial charge >= 0.3 is 0 Å². The molecule has 3 rings (SSSR count). The van der Waals surface area contributed by atoms with Crippen LogP contribution in [0.3, 0.4) is 0 Å². The van der Waals surface area contributed by atoms with Crippen LogP contribution in [-0.2, 0) is 21.2 Å². The van der Waals surface area contributed by atoms with Crippen LogP contribution in [-0.4, -0.2) is 30.7 Å². The van der Waals surface area contributed by atoms with E-state index in [1.54, 1.807) is 23.7 Å². The van der Waals surface area contributed by atoms with Crippen molar-refractivity contribution in [1.29, 1.82) is 0 Å². The average Bonchev–Trinajstić information content (AvgIpc) is 3.12. The van der Waals surface area contributed by atoms with Gasteiger partial charge in [-0.05, 0) is 42.8 Å². The molecule has 146 valence electrons. The van der Waals surface area contributed by atoms with E-state index in [-0.39, 0.29) is 17.3 Å². The minimum absolute atomic E-state index is 0.147. The first-order valence-electron chi connectivity index (χ1n) is 8.83. The van der Waals surface area contributed by atoms with Gasteiger partial charge in [0.05, 0.1) is 16.3 Å². The van der Waals surface area contributed by atoms with Gasteiger partial charge in [-0.1, -0.05) is 24.3 Å². The van der Waals surface area contributed by atoms with Crippen molar-refractivity contribution in [1.82, 2.24) is 14.5 Å². The van der Waals surface area contributed by atoms with E-state index in [9.17, 15) is 13.2 Å². The fourth-order valence-corrected chi connectivity index (χ4v) is 4.08. The van der Waals surface area contributed by atoms with Crippen molar-refractivity contribution in [2.75, 3.05) is 11.9 Å². The minimum Gasteiger partial charge on any atom is -0.326 e. The van der Waals surface area contributed by atoms with E-state index in [4.69, 9.17) is 0 Å². The fraction of sp³-hybridized carbons (Fsp3) is 0.200. The number of nitrogens with one attached hydrogen (secondary N) is 2. The van der Waals surface area contributed by atoms with Crippen LogP contribution >= 0.6 is 0 Å². The van der Waals surface area contributed by atoms with Gasteiger partial charge in [0.1, 0.15) is 0 Å². The molecule has 3 aromatic rings. The molecule has 1 aromatic heterocycles. The molecular weight excluding hydrogens is 376 g/mol. The second-order valence-corrected chi connectivity index (χ2v) is 8.13. The molecule has 0 unspecified atom stereocenters. The number of carbonyl (C=O) groups is 1. The summed E-state index contributed by atoms with van der Waals surface area (Å²) >= 11 is 0. The number of aromatic nitrogens is 2. The van der Waals surface area contributed by atoms with E-state index in [0.717, 1.165) is 11.4 Å². The Morgan fingerprint density at radius 1 is 1.11 bits per heavy atom. The van der Waals surface area contributed by atoms with Gasteiger partial charge in [-0.15, -0.1) is 0 Å². The fourth-order valence-electron chi connectivity index (χ4n) is 2.78. The lowest BCUT2D eigenvalue weighted by atomic mass is 10.2. The summed E-state index contributed by atoms with van der Waals surface area (Å²) in [6.07, 6.45) is 2.31. The maximum absolute atomic E-state index is 12.7. The molecule has 0 atom stereocenters. The van der Waals surface area contributed by atoms with E-state index in [1.165, 1.54) is 13.0 Å². The third-order valence-corrected chi connectivity index (χ3v) is 5.74. The highest BCUT2D eigenvalue weighted by Gasteiger charge is 2.17. The van der Waals surface area contributed by atoms with Crippen molar-refractivity contribution in [3.63, 3.8) is 0 Å². The Morgan fingerprint density at radius 3 is 2.57 bits per heavy atom. The summed E-state index contributed by atoms with van der Waals surface area (Å²) in [5.74, 6) is -0.255. The molecule has 0 aliphatic heterocycles. The molecule has 1 heterocycles. The van der Waals surface area contributed by atoms with Crippen molar-refractivity contribution in [3.8, 4) is 5.69 Å². The summed E-state index contributed by atoms with van der Waals surface area (Å²) in [6, 6.07) is 16.4. The maximum atomic E-state index is 12.7. The van der Waals surface area contributed by atoms with Crippen molar-refractivity contribution in [2.24, 2.45) is 0 Å². The number of amides is 1. The predicted octanol–water partition coefficient (Wildman–Crippen LogP) is 2.66. The summed E-state index contributed by atoms with van der Waals surface area (Å²) in [5, 5.41) is 7.07. The first-order chi connectivity index (χ1) is 13.3. The summed E-state index contributed by atoms with van der Waals surface area (Å²) < 4.78 is 29.7. The second kappa shape index (κ2) is 8.37. The van der Waals surface area contributed by atoms with Crippen LogP contribution in [0.2, 0.25) is 0 Å². The second-order valence-electron chi connectivity index (χ2n) is 6.40. The van der Waals surface area contributed by atoms with Crippen molar-refractivity contribution in [2.45, 2.75) is 25.2 Å². The van der Waals surface area contributed by atoms with Crippen LogP contribution in [0.4, 0.5) is 5.69 Å². The zero-order chi connectivity index (χ0) is 20.1. The Morgan fingerprint density at radius 2 is 1.86 bits per heavy atom. The van der Waals surface area contributed by atoms with E-state index >= 15 is 0 Å². The zero-order valence-electron chi connectivity index (χ0n) is 15.7. The van der Waals surface area contributed by atoms with Gasteiger partial charge in [-0.2, -0.15) is 5.10 Å². The van der Waals surface area contributed by atoms with E-state index < -0.39 is 10.0 Å². The lowest BCUT2D eigenvalue weighted by molar-refractivity contribution is -0.114. The van der Waals surface area contributed by atoms with Gasteiger partial charge in [0.25, 0.3) is 0 Å². The number of sulfonamides is 1. The molecule has 0 saturated carbocycles. The topological polar surface area (TPSA) is 93.1 Å². The van der Waals surface area contributed by atoms with E-state index in [1.807, 2.05) is 42.6 Å². The summed E-state index contributed by atoms with van der Waals surface area (Å²) in [7, 11) is -3.70. The number of hydrogen-bond acceptors (Lipinski definition) is 4. The molecule has 0 radical (unpaired) electrons. The highest BCUT2D eigenvalue weighted by molar-refractivity contribution is 7.89. The molecule has 28 heavy (non-hydrogen) atoms. The van der Waals surface area contributed by atoms with Gasteiger partial charge in [0, 0.05) is 31.8 Å². The van der Waals surface area contributed by atoms with Crippen molar-refractivity contribution < 1.29 is 13.2 Å². The van der Waals surface area contributed by atoms with Gasteiger partial charge in [0.2, 0.25) is 15.9 Å². The van der Waals surface area contributed by atoms with E-state index in [2.05, 4.69) is 15.1 Å². The molecule has 1 amide bonds. The van der Waals surface area contributed by atoms with Gasteiger partial charge < -0.3 is 5.32 Å². The van der Waals surface area contributed by atoms with E-state index in [0.29, 0.717) is 17.7 Å². The van der Waals surface area contributed by atoms with Crippen molar-refractivity contribution in [3.05, 3.63) is 72.1 Å². The highest BCUT2D eigenvalue weighted by atomic mass is 32.2. The molecule has 0 aliphatic rings. The molecule has 0 bridgehead atoms. The van der Waals surface area contributed by atoms with Gasteiger partial charge in [-0.3, -0.25) is 4.79 Å². The number of para-hydroxylation sites is 1. The van der Waals surface area contributed by atoms with Crippen LogP contribution in [0, 0.1) is 6.92 Å². The number of aryl methyl sites for hydroxylation is 1.